The van der Waals surface area contributed by atoms with Gasteiger partial charge in [0, 0.05) is 85.4 Å². The Morgan fingerprint density at radius 1 is 0.967 bits per heavy atom. The number of H-pyrrole nitrogens is 1. The highest BCUT2D eigenvalue weighted by atomic mass is 16.6. The van der Waals surface area contributed by atoms with Crippen molar-refractivity contribution in [1.29, 1.82) is 0 Å². The van der Waals surface area contributed by atoms with Gasteiger partial charge in [-0.15, -0.1) is 10.2 Å². The van der Waals surface area contributed by atoms with Gasteiger partial charge in [-0.25, -0.2) is 14.8 Å². The molecule has 60 heavy (non-hydrogen) atoms. The number of anilines is 1. The number of rotatable bonds is 8. The van der Waals surface area contributed by atoms with Gasteiger partial charge in [-0.3, -0.25) is 4.79 Å². The van der Waals surface area contributed by atoms with E-state index in [1.165, 1.54) is 5.56 Å². The predicted octanol–water partition coefficient (Wildman–Crippen LogP) is 5.80. The van der Waals surface area contributed by atoms with E-state index in [0.717, 1.165) is 74.0 Å². The number of benzene rings is 1. The number of fused-ring (bicyclic) bond motifs is 3. The Bertz CT molecular complexity index is 2330. The monoisotopic (exact) mass is 818 g/mol. The third kappa shape index (κ3) is 7.66. The molecule has 5 aromatic rings. The number of ether oxygens (including phenoxy) is 1. The van der Waals surface area contributed by atoms with E-state index in [2.05, 4.69) is 37.1 Å². The van der Waals surface area contributed by atoms with Crippen molar-refractivity contribution in [2.45, 2.75) is 102 Å². The molecule has 316 valence electrons. The van der Waals surface area contributed by atoms with Crippen molar-refractivity contribution >= 4 is 29.0 Å². The number of nitrogens with one attached hydrogen (secondary N) is 1. The Kier molecular flexibility index (Phi) is 10.9. The molecular formula is C44H54N10O6. The fraction of sp³-hybridized carbons (Fsp3) is 0.523. The highest BCUT2D eigenvalue weighted by Gasteiger charge is 2.39. The average molecular weight is 819 g/mol. The van der Waals surface area contributed by atoms with Crippen LogP contribution >= 0.6 is 0 Å². The first kappa shape index (κ1) is 39.8. The molecule has 4 atom stereocenters. The van der Waals surface area contributed by atoms with Gasteiger partial charge in [0.15, 0.2) is 11.4 Å². The Hall–Kier alpha value is -5.61. The summed E-state index contributed by atoms with van der Waals surface area (Å²) in [6.07, 6.45) is 8.14. The van der Waals surface area contributed by atoms with E-state index in [1.54, 1.807) is 28.0 Å². The zero-order chi connectivity index (χ0) is 41.7. The van der Waals surface area contributed by atoms with E-state index in [9.17, 15) is 19.8 Å². The number of hydrogen-bond acceptors (Lipinski definition) is 13. The summed E-state index contributed by atoms with van der Waals surface area (Å²) in [5, 5.41) is 34.4. The highest BCUT2D eigenvalue weighted by Crippen LogP contribution is 2.39. The minimum absolute atomic E-state index is 0.0155. The van der Waals surface area contributed by atoms with Crippen LogP contribution in [0.15, 0.2) is 53.3 Å². The number of carbonyl (C=O) groups excluding carboxylic acids is 2. The van der Waals surface area contributed by atoms with Gasteiger partial charge in [0.25, 0.3) is 5.88 Å². The molecule has 8 heterocycles. The molecular weight excluding hydrogens is 765 g/mol. The number of nitrogens with zero attached hydrogens (tertiary/aromatic N) is 9. The number of aromatic nitrogens is 6. The first-order chi connectivity index (χ1) is 29.0. The van der Waals surface area contributed by atoms with Crippen LogP contribution in [-0.2, 0) is 11.2 Å². The lowest BCUT2D eigenvalue weighted by atomic mass is 9.89. The summed E-state index contributed by atoms with van der Waals surface area (Å²) in [5.74, 6) is 0.897. The topological polar surface area (TPSA) is 190 Å². The molecule has 4 aromatic heterocycles. The standard InChI is InChI=1S/C44H54N10O6/c1-25(2)39(42(57)54-24-31(55)19-26(54)3)37-21-38(50-60-37)59-44(58)52-16-11-30(12-17-52)51-14-9-28(10-15-51)29-22-45-43(46-23-29)53-18-13-34-40(27(53)4)33-20-35(48-49-41(33)47-34)32-7-5-6-8-36(32)56/h5-8,20-23,25-28,30-31,39,55-56H,9-19,24H2,1-4H3,(H,47,49)/t26-,27-,31-,39-/m1/s1. The maximum Gasteiger partial charge on any atom is 0.416 e. The normalized spacial score (nSPS) is 22.4. The largest absolute Gasteiger partial charge is 0.507 e. The lowest BCUT2D eigenvalue weighted by Gasteiger charge is -2.41. The summed E-state index contributed by atoms with van der Waals surface area (Å²) in [4.78, 5) is 48.1. The number of amides is 2. The number of aliphatic hydroxyl groups excluding tert-OH is 1. The van der Waals surface area contributed by atoms with Crippen LogP contribution in [0.5, 0.6) is 11.6 Å². The smallest absolute Gasteiger partial charge is 0.416 e. The quantitative estimate of drug-likeness (QED) is 0.171. The van der Waals surface area contributed by atoms with E-state index < -0.39 is 18.1 Å². The van der Waals surface area contributed by atoms with Gasteiger partial charge in [0.1, 0.15) is 11.7 Å². The van der Waals surface area contributed by atoms with E-state index in [0.29, 0.717) is 61.0 Å². The molecule has 16 heteroatoms. The number of phenolic OH excluding ortho intramolecular Hbond substituents is 1. The number of aromatic hydroxyl groups is 1. The van der Waals surface area contributed by atoms with Gasteiger partial charge in [-0.1, -0.05) is 26.0 Å². The zero-order valence-electron chi connectivity index (χ0n) is 34.7. The van der Waals surface area contributed by atoms with Gasteiger partial charge in [0.05, 0.1) is 17.8 Å². The van der Waals surface area contributed by atoms with Crippen molar-refractivity contribution in [2.75, 3.05) is 44.2 Å². The number of hydrogen-bond donors (Lipinski definition) is 3. The SMILES string of the molecule is CC(C)[C@@H](C(=O)N1C[C@H](O)C[C@H]1C)c1cc(OC(=O)N2CCC(N3CCC(c4cnc(N5CCc6[nH]c7nnc(-c8ccccc8O)cc7c6[C@H]5C)nc4)CC3)CC2)no1. The maximum absolute atomic E-state index is 13.4. The number of para-hydroxylation sites is 1. The van der Waals surface area contributed by atoms with Crippen LogP contribution in [-0.4, -0.2) is 125 Å². The van der Waals surface area contributed by atoms with Crippen molar-refractivity contribution in [3.05, 3.63) is 71.4 Å². The number of β-amino-alcohol motifs (C(OH)–C–C–N with tert-alkyl or cyclic N) is 1. The lowest BCUT2D eigenvalue weighted by molar-refractivity contribution is -0.135. The Morgan fingerprint density at radius 3 is 2.42 bits per heavy atom. The van der Waals surface area contributed by atoms with Gasteiger partial charge in [0.2, 0.25) is 11.9 Å². The number of piperidine rings is 2. The molecule has 2 amide bonds. The van der Waals surface area contributed by atoms with Crippen LogP contribution in [0.4, 0.5) is 10.7 Å². The molecule has 1 aromatic carbocycles. The highest BCUT2D eigenvalue weighted by molar-refractivity contribution is 5.87. The second kappa shape index (κ2) is 16.4. The minimum Gasteiger partial charge on any atom is -0.507 e. The van der Waals surface area contributed by atoms with Gasteiger partial charge in [-0.2, -0.15) is 0 Å². The molecule has 16 nitrogen and oxygen atoms in total. The second-order valence-electron chi connectivity index (χ2n) is 17.4. The molecule has 0 radical (unpaired) electrons. The van der Waals surface area contributed by atoms with E-state index in [4.69, 9.17) is 19.2 Å². The molecule has 0 saturated carbocycles. The molecule has 9 rings (SSSR count). The van der Waals surface area contributed by atoms with Crippen LogP contribution in [0.25, 0.3) is 22.3 Å². The third-order valence-electron chi connectivity index (χ3n) is 13.3. The van der Waals surface area contributed by atoms with Crippen LogP contribution in [0, 0.1) is 5.92 Å². The number of likely N-dealkylation sites (tertiary alicyclic amines) is 3. The van der Waals surface area contributed by atoms with Crippen LogP contribution in [0.2, 0.25) is 0 Å². The molecule has 4 aliphatic heterocycles. The Balaban J connectivity index is 0.761. The fourth-order valence-electron chi connectivity index (χ4n) is 9.96. The summed E-state index contributed by atoms with van der Waals surface area (Å²) >= 11 is 0. The molecule has 0 bridgehead atoms. The molecule has 4 aliphatic rings. The molecule has 0 unspecified atom stereocenters. The number of aliphatic hydroxyl groups is 1. The molecule has 0 aliphatic carbocycles. The number of phenols is 1. The Labute approximate surface area is 348 Å². The lowest BCUT2D eigenvalue weighted by Crippen LogP contribution is -2.49. The minimum atomic E-state index is -0.590. The van der Waals surface area contributed by atoms with Gasteiger partial charge in [-0.05, 0) is 99.8 Å². The maximum atomic E-state index is 13.4. The van der Waals surface area contributed by atoms with Gasteiger partial charge >= 0.3 is 6.09 Å². The molecule has 3 fully saturated rings. The summed E-state index contributed by atoms with van der Waals surface area (Å²) in [6.45, 7) is 12.2. The van der Waals surface area contributed by atoms with E-state index in [1.807, 2.05) is 51.4 Å². The van der Waals surface area contributed by atoms with Crippen LogP contribution in [0.1, 0.15) is 100 Å². The van der Waals surface area contributed by atoms with Crippen molar-refractivity contribution in [1.82, 2.24) is 45.0 Å². The summed E-state index contributed by atoms with van der Waals surface area (Å²) in [6, 6.07) is 11.1. The third-order valence-corrected chi connectivity index (χ3v) is 13.3. The van der Waals surface area contributed by atoms with Gasteiger partial charge < -0.3 is 44.1 Å². The van der Waals surface area contributed by atoms with E-state index in [-0.39, 0.29) is 35.5 Å². The molecule has 0 spiro atoms. The molecule has 3 N–H and O–H groups in total. The van der Waals surface area contributed by atoms with Crippen molar-refractivity contribution < 1.29 is 29.1 Å². The van der Waals surface area contributed by atoms with Crippen molar-refractivity contribution in [3.8, 4) is 22.9 Å². The first-order valence-corrected chi connectivity index (χ1v) is 21.4. The Morgan fingerprint density at radius 2 is 1.72 bits per heavy atom. The summed E-state index contributed by atoms with van der Waals surface area (Å²) < 4.78 is 11.2. The van der Waals surface area contributed by atoms with E-state index >= 15 is 0 Å². The summed E-state index contributed by atoms with van der Waals surface area (Å²) in [7, 11) is 0. The van der Waals surface area contributed by atoms with Crippen LogP contribution in [0.3, 0.4) is 0 Å². The van der Waals surface area contributed by atoms with Crippen molar-refractivity contribution in [3.63, 3.8) is 0 Å². The average Bonchev–Trinajstić information content (AvgIpc) is 3.97. The second-order valence-corrected chi connectivity index (χ2v) is 17.4. The first-order valence-electron chi connectivity index (χ1n) is 21.4. The van der Waals surface area contributed by atoms with Crippen molar-refractivity contribution in [2.24, 2.45) is 5.92 Å². The fourth-order valence-corrected chi connectivity index (χ4v) is 9.96. The molecule has 3 saturated heterocycles. The van der Waals surface area contributed by atoms with Crippen LogP contribution < -0.4 is 9.64 Å². The zero-order valence-corrected chi connectivity index (χ0v) is 34.7. The number of carbonyl (C=O) groups is 2. The number of aromatic amines is 1. The summed E-state index contributed by atoms with van der Waals surface area (Å²) in [5.41, 5.74) is 5.49. The predicted molar refractivity (Wildman–Crippen MR) is 223 cm³/mol.